The van der Waals surface area contributed by atoms with Crippen molar-refractivity contribution in [2.75, 3.05) is 0 Å². The topological polar surface area (TPSA) is 34.1 Å². The zero-order valence-electron chi connectivity index (χ0n) is 13.6. The van der Waals surface area contributed by atoms with E-state index in [1.165, 1.54) is 22.3 Å². The highest BCUT2D eigenvalue weighted by atomic mass is 16.1. The molecule has 2 bridgehead atoms. The second-order valence-electron chi connectivity index (χ2n) is 6.86. The van der Waals surface area contributed by atoms with Gasteiger partial charge >= 0.3 is 0 Å². The monoisotopic (exact) mass is 312 g/mol. The van der Waals surface area contributed by atoms with Gasteiger partial charge in [0.15, 0.2) is 11.6 Å². The maximum absolute atomic E-state index is 13.1. The molecular formula is C22H16O2. The third-order valence-electron chi connectivity index (χ3n) is 5.84. The lowest BCUT2D eigenvalue weighted by Gasteiger charge is -2.44. The van der Waals surface area contributed by atoms with Gasteiger partial charge in [0.25, 0.3) is 0 Å². The molecule has 0 heterocycles. The molecule has 2 heteroatoms. The Kier molecular flexibility index (Phi) is 2.52. The van der Waals surface area contributed by atoms with Gasteiger partial charge in [-0.25, -0.2) is 0 Å². The van der Waals surface area contributed by atoms with E-state index in [1.807, 2.05) is 24.3 Å². The first kappa shape index (κ1) is 13.7. The summed E-state index contributed by atoms with van der Waals surface area (Å²) in [5.74, 6) is -0.143. The molecule has 2 aromatic carbocycles. The summed E-state index contributed by atoms with van der Waals surface area (Å²) >= 11 is 0. The molecule has 116 valence electrons. The molecule has 0 amide bonds. The summed E-state index contributed by atoms with van der Waals surface area (Å²) in [6, 6.07) is 16.5. The van der Waals surface area contributed by atoms with Crippen LogP contribution in [0.4, 0.5) is 0 Å². The highest BCUT2D eigenvalue weighted by Gasteiger charge is 2.49. The van der Waals surface area contributed by atoms with Gasteiger partial charge in [0.2, 0.25) is 0 Å². The van der Waals surface area contributed by atoms with E-state index in [0.717, 1.165) is 0 Å². The van der Waals surface area contributed by atoms with E-state index in [2.05, 4.69) is 24.3 Å². The summed E-state index contributed by atoms with van der Waals surface area (Å²) in [5, 5.41) is 0. The molecule has 0 aliphatic heterocycles. The summed E-state index contributed by atoms with van der Waals surface area (Å²) in [6.45, 7) is 3.55. The minimum atomic E-state index is -0.114. The van der Waals surface area contributed by atoms with Gasteiger partial charge in [-0.2, -0.15) is 0 Å². The Bertz CT molecular complexity index is 892. The summed E-state index contributed by atoms with van der Waals surface area (Å²) in [7, 11) is 0. The predicted octanol–water partition coefficient (Wildman–Crippen LogP) is 4.06. The third kappa shape index (κ3) is 1.42. The fourth-order valence-corrected chi connectivity index (χ4v) is 4.59. The Labute approximate surface area is 140 Å². The number of hydrogen-bond donors (Lipinski definition) is 0. The van der Waals surface area contributed by atoms with Gasteiger partial charge in [-0.1, -0.05) is 48.5 Å². The summed E-state index contributed by atoms with van der Waals surface area (Å²) in [4.78, 5) is 26.1. The molecule has 0 saturated carbocycles. The minimum absolute atomic E-state index is 0.0427. The molecule has 24 heavy (non-hydrogen) atoms. The maximum atomic E-state index is 13.1. The van der Waals surface area contributed by atoms with Crippen molar-refractivity contribution in [3.63, 3.8) is 0 Å². The Balaban J connectivity index is 1.89. The number of rotatable bonds is 0. The van der Waals surface area contributed by atoms with Gasteiger partial charge < -0.3 is 0 Å². The third-order valence-corrected chi connectivity index (χ3v) is 5.84. The molecular weight excluding hydrogens is 296 g/mol. The van der Waals surface area contributed by atoms with Crippen LogP contribution in [0.1, 0.15) is 47.9 Å². The molecule has 0 spiro atoms. The van der Waals surface area contributed by atoms with Gasteiger partial charge in [0.05, 0.1) is 0 Å². The van der Waals surface area contributed by atoms with Crippen molar-refractivity contribution >= 4 is 11.6 Å². The molecule has 4 aliphatic carbocycles. The van der Waals surface area contributed by atoms with Gasteiger partial charge in [0, 0.05) is 34.1 Å². The van der Waals surface area contributed by atoms with Crippen LogP contribution in [-0.2, 0) is 9.59 Å². The van der Waals surface area contributed by atoms with Crippen LogP contribution in [0.2, 0.25) is 0 Å². The normalized spacial score (nSPS) is 24.1. The molecule has 0 atom stereocenters. The Hall–Kier alpha value is -2.74. The average molecular weight is 312 g/mol. The largest absolute Gasteiger partial charge is 0.289 e. The maximum Gasteiger partial charge on any atom is 0.186 e. The number of ketones is 2. The lowest BCUT2D eigenvalue weighted by molar-refractivity contribution is -0.117. The van der Waals surface area contributed by atoms with Crippen molar-refractivity contribution in [3.05, 3.63) is 93.1 Å². The summed E-state index contributed by atoms with van der Waals surface area (Å²) < 4.78 is 0. The number of carbonyl (C=O) groups excluding carboxylic acids is 2. The van der Waals surface area contributed by atoms with Crippen LogP contribution in [0.5, 0.6) is 0 Å². The van der Waals surface area contributed by atoms with E-state index in [0.29, 0.717) is 22.3 Å². The van der Waals surface area contributed by atoms with Crippen LogP contribution >= 0.6 is 0 Å². The molecule has 0 aromatic heterocycles. The quantitative estimate of drug-likeness (QED) is 0.687. The molecule has 0 saturated heterocycles. The average Bonchev–Trinajstić information content (AvgIpc) is 2.64. The fourth-order valence-electron chi connectivity index (χ4n) is 4.59. The van der Waals surface area contributed by atoms with Crippen LogP contribution in [0.25, 0.3) is 0 Å². The molecule has 6 rings (SSSR count). The van der Waals surface area contributed by atoms with Gasteiger partial charge in [-0.05, 0) is 36.1 Å². The molecule has 2 nitrogen and oxygen atoms in total. The molecule has 0 N–H and O–H groups in total. The van der Waals surface area contributed by atoms with Gasteiger partial charge in [-0.3, -0.25) is 9.59 Å². The van der Waals surface area contributed by atoms with E-state index in [9.17, 15) is 9.59 Å². The first-order valence-corrected chi connectivity index (χ1v) is 8.29. The summed E-state index contributed by atoms with van der Waals surface area (Å²) in [5.41, 5.74) is 7.32. The van der Waals surface area contributed by atoms with Crippen LogP contribution in [0.15, 0.2) is 70.8 Å². The zero-order chi connectivity index (χ0) is 16.6. The van der Waals surface area contributed by atoms with Crippen molar-refractivity contribution in [2.45, 2.75) is 25.7 Å². The number of hydrogen-bond acceptors (Lipinski definition) is 2. The fraction of sp³-hybridized carbons (Fsp3) is 0.182. The van der Waals surface area contributed by atoms with E-state index in [1.54, 1.807) is 13.8 Å². The highest BCUT2D eigenvalue weighted by Crippen LogP contribution is 2.57. The van der Waals surface area contributed by atoms with Crippen LogP contribution in [0, 0.1) is 0 Å². The Morgan fingerprint density at radius 1 is 0.583 bits per heavy atom. The smallest absolute Gasteiger partial charge is 0.186 e. The number of Topliss-reactive ketones (excluding diaryl/α,β-unsaturated/α-hetero) is 2. The number of carbonyl (C=O) groups is 2. The summed E-state index contributed by atoms with van der Waals surface area (Å²) in [6.07, 6.45) is 0. The molecule has 0 radical (unpaired) electrons. The predicted molar refractivity (Wildman–Crippen MR) is 92.0 cm³/mol. The van der Waals surface area contributed by atoms with E-state index in [-0.39, 0.29) is 23.4 Å². The lowest BCUT2D eigenvalue weighted by Crippen LogP contribution is -2.37. The van der Waals surface area contributed by atoms with Gasteiger partial charge in [0.1, 0.15) is 0 Å². The van der Waals surface area contributed by atoms with Crippen molar-refractivity contribution < 1.29 is 9.59 Å². The van der Waals surface area contributed by atoms with Crippen molar-refractivity contribution in [1.82, 2.24) is 0 Å². The van der Waals surface area contributed by atoms with E-state index >= 15 is 0 Å². The molecule has 4 aliphatic rings. The second kappa shape index (κ2) is 4.41. The molecule has 0 fully saturated rings. The second-order valence-corrected chi connectivity index (χ2v) is 6.86. The number of allylic oxidation sites excluding steroid dienone is 4. The van der Waals surface area contributed by atoms with Crippen molar-refractivity contribution in [2.24, 2.45) is 0 Å². The van der Waals surface area contributed by atoms with E-state index < -0.39 is 0 Å². The van der Waals surface area contributed by atoms with Crippen LogP contribution in [0.3, 0.4) is 0 Å². The highest BCUT2D eigenvalue weighted by molar-refractivity contribution is 6.27. The standard InChI is InChI=1S/C22H16O2/c1-11-12(2)22(24)20-18-15-9-5-3-7-13(15)17(19(20)21(11)23)14-8-4-6-10-16(14)18/h3-10,17-18H,1-2H3. The molecule has 0 unspecified atom stereocenters. The lowest BCUT2D eigenvalue weighted by atomic mass is 9.57. The SMILES string of the molecule is CC1=C(C)C(=O)C2=C(C1=O)C1c3ccccc3C2c2ccccc21. The van der Waals surface area contributed by atoms with Crippen molar-refractivity contribution in [1.29, 1.82) is 0 Å². The zero-order valence-corrected chi connectivity index (χ0v) is 13.6. The van der Waals surface area contributed by atoms with Crippen molar-refractivity contribution in [3.8, 4) is 0 Å². The Morgan fingerprint density at radius 2 is 0.875 bits per heavy atom. The van der Waals surface area contributed by atoms with Crippen LogP contribution < -0.4 is 0 Å². The Morgan fingerprint density at radius 3 is 1.17 bits per heavy atom. The number of benzene rings is 2. The van der Waals surface area contributed by atoms with Gasteiger partial charge in [-0.15, -0.1) is 0 Å². The minimum Gasteiger partial charge on any atom is -0.289 e. The van der Waals surface area contributed by atoms with Crippen LogP contribution in [-0.4, -0.2) is 11.6 Å². The van der Waals surface area contributed by atoms with E-state index in [4.69, 9.17) is 0 Å². The molecule has 2 aromatic rings. The first-order valence-electron chi connectivity index (χ1n) is 8.29. The first-order chi connectivity index (χ1) is 11.6.